The van der Waals surface area contributed by atoms with Crippen molar-refractivity contribution < 1.29 is 4.74 Å². The molecule has 0 fully saturated rings. The van der Waals surface area contributed by atoms with E-state index >= 15 is 0 Å². The fourth-order valence-corrected chi connectivity index (χ4v) is 1.54. The van der Waals surface area contributed by atoms with Crippen LogP contribution in [0.3, 0.4) is 0 Å². The molecule has 96 valence electrons. The van der Waals surface area contributed by atoms with Crippen molar-refractivity contribution in [2.24, 2.45) is 0 Å². The third-order valence-electron chi connectivity index (χ3n) is 2.36. The van der Waals surface area contributed by atoms with E-state index in [0.29, 0.717) is 25.7 Å². The second-order valence-corrected chi connectivity index (χ2v) is 4.38. The van der Waals surface area contributed by atoms with Gasteiger partial charge in [-0.1, -0.05) is 18.2 Å². The Morgan fingerprint density at radius 1 is 1.50 bits per heavy atom. The second kappa shape index (κ2) is 5.64. The number of hydrogen-bond acceptors (Lipinski definition) is 4. The van der Waals surface area contributed by atoms with Crippen LogP contribution in [0.25, 0.3) is 5.65 Å². The van der Waals surface area contributed by atoms with E-state index in [1.807, 2.05) is 32.2 Å². The number of aromatic nitrogens is 3. The molecule has 2 aromatic rings. The van der Waals surface area contributed by atoms with Crippen molar-refractivity contribution in [1.82, 2.24) is 14.6 Å². The summed E-state index contributed by atoms with van der Waals surface area (Å²) in [5.41, 5.74) is 3.02. The zero-order chi connectivity index (χ0) is 13.0. The van der Waals surface area contributed by atoms with Crippen LogP contribution in [0.4, 0.5) is 5.95 Å². The summed E-state index contributed by atoms with van der Waals surface area (Å²) in [5, 5.41) is 7.46. The summed E-state index contributed by atoms with van der Waals surface area (Å²) in [4.78, 5) is 4.35. The van der Waals surface area contributed by atoms with Crippen molar-refractivity contribution in [2.75, 3.05) is 25.1 Å². The normalized spacial score (nSPS) is 10.8. The predicted molar refractivity (Wildman–Crippen MR) is 71.8 cm³/mol. The van der Waals surface area contributed by atoms with E-state index in [1.54, 1.807) is 4.52 Å². The van der Waals surface area contributed by atoms with Crippen LogP contribution in [0, 0.1) is 6.92 Å². The van der Waals surface area contributed by atoms with Crippen molar-refractivity contribution in [3.05, 3.63) is 36.0 Å². The Hall–Kier alpha value is -1.88. The maximum Gasteiger partial charge on any atom is 0.243 e. The SMILES string of the molecule is C=C(C)COCCNc1nc2ccc(C)cn2n1. The molecule has 0 saturated carbocycles. The Bertz CT molecular complexity index is 547. The Morgan fingerprint density at radius 2 is 2.33 bits per heavy atom. The molecule has 2 heterocycles. The second-order valence-electron chi connectivity index (χ2n) is 4.38. The fourth-order valence-electron chi connectivity index (χ4n) is 1.54. The van der Waals surface area contributed by atoms with Crippen molar-refractivity contribution in [1.29, 1.82) is 0 Å². The summed E-state index contributed by atoms with van der Waals surface area (Å²) in [6.07, 6.45) is 1.95. The van der Waals surface area contributed by atoms with Gasteiger partial charge in [0.05, 0.1) is 13.2 Å². The smallest absolute Gasteiger partial charge is 0.243 e. The highest BCUT2D eigenvalue weighted by Crippen LogP contribution is 2.06. The molecule has 1 N–H and O–H groups in total. The Balaban J connectivity index is 1.86. The van der Waals surface area contributed by atoms with Crippen LogP contribution < -0.4 is 5.32 Å². The molecule has 0 unspecified atom stereocenters. The van der Waals surface area contributed by atoms with Gasteiger partial charge in [-0.3, -0.25) is 0 Å². The molecule has 0 saturated heterocycles. The zero-order valence-corrected chi connectivity index (χ0v) is 10.8. The predicted octanol–water partition coefficient (Wildman–Crippen LogP) is 2.04. The number of rotatable bonds is 6. The van der Waals surface area contributed by atoms with Crippen molar-refractivity contribution >= 4 is 11.6 Å². The lowest BCUT2D eigenvalue weighted by Gasteiger charge is -2.03. The van der Waals surface area contributed by atoms with E-state index in [-0.39, 0.29) is 0 Å². The van der Waals surface area contributed by atoms with Crippen LogP contribution in [0.2, 0.25) is 0 Å². The van der Waals surface area contributed by atoms with Crippen LogP contribution >= 0.6 is 0 Å². The molecule has 0 aliphatic heterocycles. The van der Waals surface area contributed by atoms with Gasteiger partial charge in [0.25, 0.3) is 0 Å². The van der Waals surface area contributed by atoms with Gasteiger partial charge in [-0.15, -0.1) is 5.10 Å². The van der Waals surface area contributed by atoms with Gasteiger partial charge in [-0.2, -0.15) is 4.98 Å². The molecular weight excluding hydrogens is 228 g/mol. The number of pyridine rings is 1. The summed E-state index contributed by atoms with van der Waals surface area (Å²) >= 11 is 0. The summed E-state index contributed by atoms with van der Waals surface area (Å²) in [5.74, 6) is 0.625. The first-order chi connectivity index (χ1) is 8.65. The largest absolute Gasteiger partial charge is 0.375 e. The third-order valence-corrected chi connectivity index (χ3v) is 2.36. The van der Waals surface area contributed by atoms with Crippen molar-refractivity contribution in [3.8, 4) is 0 Å². The van der Waals surface area contributed by atoms with E-state index in [2.05, 4.69) is 22.0 Å². The molecule has 18 heavy (non-hydrogen) atoms. The van der Waals surface area contributed by atoms with Gasteiger partial charge in [0, 0.05) is 12.7 Å². The van der Waals surface area contributed by atoms with E-state index in [4.69, 9.17) is 4.74 Å². The van der Waals surface area contributed by atoms with Gasteiger partial charge < -0.3 is 10.1 Å². The molecule has 0 aliphatic rings. The topological polar surface area (TPSA) is 51.5 Å². The molecule has 0 aliphatic carbocycles. The van der Waals surface area contributed by atoms with Crippen LogP contribution in [-0.2, 0) is 4.74 Å². The first-order valence-electron chi connectivity index (χ1n) is 5.94. The van der Waals surface area contributed by atoms with E-state index < -0.39 is 0 Å². The zero-order valence-electron chi connectivity index (χ0n) is 10.8. The molecule has 5 heteroatoms. The van der Waals surface area contributed by atoms with Crippen LogP contribution in [0.15, 0.2) is 30.5 Å². The minimum atomic E-state index is 0.597. The summed E-state index contributed by atoms with van der Waals surface area (Å²) in [6, 6.07) is 3.97. The number of anilines is 1. The Kier molecular flexibility index (Phi) is 3.94. The molecule has 2 aromatic heterocycles. The van der Waals surface area contributed by atoms with Crippen LogP contribution in [0.5, 0.6) is 0 Å². The van der Waals surface area contributed by atoms with Gasteiger partial charge in [0.15, 0.2) is 5.65 Å². The average Bonchev–Trinajstić information content (AvgIpc) is 2.70. The van der Waals surface area contributed by atoms with Crippen LogP contribution in [0.1, 0.15) is 12.5 Å². The first-order valence-corrected chi connectivity index (χ1v) is 5.94. The van der Waals surface area contributed by atoms with Crippen molar-refractivity contribution in [3.63, 3.8) is 0 Å². The minimum Gasteiger partial charge on any atom is -0.375 e. The third kappa shape index (κ3) is 3.30. The molecule has 0 amide bonds. The number of nitrogens with zero attached hydrogens (tertiary/aromatic N) is 3. The molecule has 2 rings (SSSR count). The number of nitrogens with one attached hydrogen (secondary N) is 1. The summed E-state index contributed by atoms with van der Waals surface area (Å²) < 4.78 is 7.16. The first kappa shape index (κ1) is 12.6. The van der Waals surface area contributed by atoms with Crippen LogP contribution in [-0.4, -0.2) is 34.4 Å². The lowest BCUT2D eigenvalue weighted by Crippen LogP contribution is -2.11. The quantitative estimate of drug-likeness (QED) is 0.626. The average molecular weight is 246 g/mol. The standard InChI is InChI=1S/C13H18N4O/c1-10(2)9-18-7-6-14-13-15-12-5-4-11(3)8-17(12)16-13/h4-5,8H,1,6-7,9H2,2-3H3,(H,14,16). The summed E-state index contributed by atoms with van der Waals surface area (Å²) in [7, 11) is 0. The maximum atomic E-state index is 5.39. The lowest BCUT2D eigenvalue weighted by molar-refractivity contribution is 0.167. The fraction of sp³-hybridized carbons (Fsp3) is 0.385. The number of hydrogen-bond donors (Lipinski definition) is 1. The molecule has 0 radical (unpaired) electrons. The van der Waals surface area contributed by atoms with Gasteiger partial charge in [-0.25, -0.2) is 4.52 Å². The highest BCUT2D eigenvalue weighted by molar-refractivity contribution is 5.43. The van der Waals surface area contributed by atoms with Gasteiger partial charge in [0.2, 0.25) is 5.95 Å². The van der Waals surface area contributed by atoms with Gasteiger partial charge in [0.1, 0.15) is 0 Å². The molecule has 0 atom stereocenters. The summed E-state index contributed by atoms with van der Waals surface area (Å²) in [6.45, 7) is 9.64. The van der Waals surface area contributed by atoms with E-state index in [0.717, 1.165) is 16.8 Å². The molecule has 0 aromatic carbocycles. The Labute approximate surface area is 106 Å². The van der Waals surface area contributed by atoms with Gasteiger partial charge >= 0.3 is 0 Å². The van der Waals surface area contributed by atoms with Gasteiger partial charge in [-0.05, 0) is 25.5 Å². The lowest BCUT2D eigenvalue weighted by atomic mass is 10.3. The highest BCUT2D eigenvalue weighted by Gasteiger charge is 2.02. The highest BCUT2D eigenvalue weighted by atomic mass is 16.5. The Morgan fingerprint density at radius 3 is 3.11 bits per heavy atom. The monoisotopic (exact) mass is 246 g/mol. The molecule has 0 bridgehead atoms. The van der Waals surface area contributed by atoms with Crippen molar-refractivity contribution in [2.45, 2.75) is 13.8 Å². The molecule has 0 spiro atoms. The number of aryl methyl sites for hydroxylation is 1. The number of fused-ring (bicyclic) bond motifs is 1. The molecular formula is C13H18N4O. The minimum absolute atomic E-state index is 0.597. The molecule has 5 nitrogen and oxygen atoms in total. The maximum absolute atomic E-state index is 5.39. The van der Waals surface area contributed by atoms with E-state index in [1.165, 1.54) is 0 Å². The number of ether oxygens (including phenoxy) is 1. The van der Waals surface area contributed by atoms with E-state index in [9.17, 15) is 0 Å².